The minimum atomic E-state index is -0.0716. The summed E-state index contributed by atoms with van der Waals surface area (Å²) in [6.07, 6.45) is 5.60. The maximum Gasteiger partial charge on any atom is 0.257 e. The van der Waals surface area contributed by atoms with E-state index in [4.69, 9.17) is 0 Å². The molecule has 1 atom stereocenters. The lowest BCUT2D eigenvalue weighted by Crippen LogP contribution is -2.29. The molecule has 0 bridgehead atoms. The number of aromatic nitrogens is 3. The van der Waals surface area contributed by atoms with Crippen molar-refractivity contribution in [1.29, 1.82) is 0 Å². The lowest BCUT2D eigenvalue weighted by Gasteiger charge is -2.23. The van der Waals surface area contributed by atoms with Gasteiger partial charge in [0.15, 0.2) is 0 Å². The molecule has 0 spiro atoms. The van der Waals surface area contributed by atoms with Crippen LogP contribution in [0.4, 0.5) is 0 Å². The zero-order chi connectivity index (χ0) is 15.0. The van der Waals surface area contributed by atoms with Crippen LogP contribution in [0.3, 0.4) is 0 Å². The van der Waals surface area contributed by atoms with E-state index in [0.717, 1.165) is 29.4 Å². The molecule has 1 aliphatic rings. The van der Waals surface area contributed by atoms with Crippen molar-refractivity contribution in [2.75, 3.05) is 7.05 Å². The molecule has 0 saturated heterocycles. The highest BCUT2D eigenvalue weighted by Gasteiger charge is 2.27. The Morgan fingerprint density at radius 1 is 1.38 bits per heavy atom. The number of aryl methyl sites for hydroxylation is 1. The summed E-state index contributed by atoms with van der Waals surface area (Å²) < 4.78 is 0. The fourth-order valence-electron chi connectivity index (χ4n) is 2.11. The van der Waals surface area contributed by atoms with Gasteiger partial charge in [-0.3, -0.25) is 4.79 Å². The van der Waals surface area contributed by atoms with Gasteiger partial charge in [0.2, 0.25) is 0 Å². The Bertz CT molecular complexity index is 648. The molecule has 2 aromatic heterocycles. The molecule has 1 amide bonds. The fraction of sp³-hybridized carbons (Fsp3) is 0.467. The average Bonchev–Trinajstić information content (AvgIpc) is 3.27. The Balaban J connectivity index is 1.73. The molecule has 5 nitrogen and oxygen atoms in total. The van der Waals surface area contributed by atoms with Crippen molar-refractivity contribution < 1.29 is 4.79 Å². The van der Waals surface area contributed by atoms with Crippen LogP contribution in [0.15, 0.2) is 17.8 Å². The summed E-state index contributed by atoms with van der Waals surface area (Å²) in [4.78, 5) is 27.2. The Labute approximate surface area is 128 Å². The third-order valence-corrected chi connectivity index (χ3v) is 4.89. The number of hydrogen-bond donors (Lipinski definition) is 0. The lowest BCUT2D eigenvalue weighted by atomic mass is 10.2. The number of carbonyl (C=O) groups excluding carboxylic acids is 1. The number of hydrogen-bond acceptors (Lipinski definition) is 5. The maximum absolute atomic E-state index is 12.5. The molecule has 1 saturated carbocycles. The SMILES string of the molecule is Cc1csc([C@@H](C)N(C)C(=O)c2cnc(C3CC3)nc2)n1. The van der Waals surface area contributed by atoms with Crippen molar-refractivity contribution >= 4 is 17.2 Å². The lowest BCUT2D eigenvalue weighted by molar-refractivity contribution is 0.0741. The summed E-state index contributed by atoms with van der Waals surface area (Å²) >= 11 is 1.58. The van der Waals surface area contributed by atoms with Crippen molar-refractivity contribution in [3.8, 4) is 0 Å². The number of thiazole rings is 1. The van der Waals surface area contributed by atoms with Crippen LogP contribution in [0.2, 0.25) is 0 Å². The second kappa shape index (κ2) is 5.52. The quantitative estimate of drug-likeness (QED) is 0.871. The smallest absolute Gasteiger partial charge is 0.257 e. The van der Waals surface area contributed by atoms with Crippen LogP contribution in [0.1, 0.15) is 58.6 Å². The number of rotatable bonds is 4. The standard InChI is InChI=1S/C15H18N4OS/c1-9-8-21-14(18-9)10(2)19(3)15(20)12-6-16-13(17-7-12)11-4-5-11/h6-8,10-11H,4-5H2,1-3H3/t10-/m1/s1. The van der Waals surface area contributed by atoms with E-state index in [0.29, 0.717) is 11.5 Å². The summed E-state index contributed by atoms with van der Waals surface area (Å²) in [6.45, 7) is 3.94. The number of amides is 1. The van der Waals surface area contributed by atoms with Crippen molar-refractivity contribution in [3.05, 3.63) is 39.9 Å². The second-order valence-corrected chi connectivity index (χ2v) is 6.41. The van der Waals surface area contributed by atoms with E-state index >= 15 is 0 Å². The molecule has 0 N–H and O–H groups in total. The highest BCUT2D eigenvalue weighted by molar-refractivity contribution is 7.09. The van der Waals surface area contributed by atoms with Gasteiger partial charge in [0.05, 0.1) is 11.6 Å². The van der Waals surface area contributed by atoms with Crippen molar-refractivity contribution in [2.45, 2.75) is 38.6 Å². The van der Waals surface area contributed by atoms with Crippen molar-refractivity contribution in [3.63, 3.8) is 0 Å². The van der Waals surface area contributed by atoms with Gasteiger partial charge < -0.3 is 4.90 Å². The molecular weight excluding hydrogens is 284 g/mol. The average molecular weight is 302 g/mol. The molecule has 1 aliphatic carbocycles. The van der Waals surface area contributed by atoms with Crippen LogP contribution in [0.5, 0.6) is 0 Å². The zero-order valence-corrected chi connectivity index (χ0v) is 13.2. The van der Waals surface area contributed by atoms with Crippen LogP contribution in [-0.4, -0.2) is 32.8 Å². The van der Waals surface area contributed by atoms with Gasteiger partial charge in [0, 0.05) is 36.4 Å². The summed E-state index contributed by atoms with van der Waals surface area (Å²) in [7, 11) is 1.79. The molecule has 0 radical (unpaired) electrons. The van der Waals surface area contributed by atoms with Gasteiger partial charge >= 0.3 is 0 Å². The normalized spacial score (nSPS) is 15.8. The van der Waals surface area contributed by atoms with E-state index in [9.17, 15) is 4.79 Å². The molecule has 2 aromatic rings. The maximum atomic E-state index is 12.5. The Morgan fingerprint density at radius 2 is 2.05 bits per heavy atom. The van der Waals surface area contributed by atoms with Gasteiger partial charge in [-0.1, -0.05) is 0 Å². The summed E-state index contributed by atoms with van der Waals surface area (Å²) in [6, 6.07) is -0.0562. The van der Waals surface area contributed by atoms with Crippen LogP contribution in [-0.2, 0) is 0 Å². The molecule has 21 heavy (non-hydrogen) atoms. The fourth-order valence-corrected chi connectivity index (χ4v) is 3.01. The van der Waals surface area contributed by atoms with E-state index in [1.165, 1.54) is 0 Å². The van der Waals surface area contributed by atoms with Gasteiger partial charge in [-0.25, -0.2) is 15.0 Å². The van der Waals surface area contributed by atoms with Gasteiger partial charge in [-0.2, -0.15) is 0 Å². The van der Waals surface area contributed by atoms with Crippen molar-refractivity contribution in [2.24, 2.45) is 0 Å². The topological polar surface area (TPSA) is 59.0 Å². The Hall–Kier alpha value is -1.82. The van der Waals surface area contributed by atoms with E-state index in [2.05, 4.69) is 15.0 Å². The van der Waals surface area contributed by atoms with E-state index < -0.39 is 0 Å². The molecule has 1 fully saturated rings. The molecule has 3 rings (SSSR count). The second-order valence-electron chi connectivity index (χ2n) is 5.52. The molecular formula is C15H18N4OS. The van der Waals surface area contributed by atoms with Crippen LogP contribution in [0.25, 0.3) is 0 Å². The first-order chi connectivity index (χ1) is 10.1. The van der Waals surface area contributed by atoms with Gasteiger partial charge in [0.25, 0.3) is 5.91 Å². The van der Waals surface area contributed by atoms with Gasteiger partial charge in [-0.15, -0.1) is 11.3 Å². The highest BCUT2D eigenvalue weighted by Crippen LogP contribution is 2.37. The van der Waals surface area contributed by atoms with Crippen LogP contribution >= 0.6 is 11.3 Å². The zero-order valence-electron chi connectivity index (χ0n) is 12.4. The third-order valence-electron chi connectivity index (χ3n) is 3.76. The number of carbonyl (C=O) groups is 1. The third kappa shape index (κ3) is 2.95. The first kappa shape index (κ1) is 14.1. The number of nitrogens with zero attached hydrogens (tertiary/aromatic N) is 4. The van der Waals surface area contributed by atoms with Crippen LogP contribution < -0.4 is 0 Å². The van der Waals surface area contributed by atoms with Crippen LogP contribution in [0, 0.1) is 6.92 Å². The van der Waals surface area contributed by atoms with E-state index in [1.54, 1.807) is 35.7 Å². The first-order valence-corrected chi connectivity index (χ1v) is 7.95. The summed E-state index contributed by atoms with van der Waals surface area (Å²) in [5.41, 5.74) is 1.52. The minimum absolute atomic E-state index is 0.0562. The van der Waals surface area contributed by atoms with E-state index in [-0.39, 0.29) is 11.9 Å². The van der Waals surface area contributed by atoms with E-state index in [1.807, 2.05) is 19.2 Å². The molecule has 0 aromatic carbocycles. The van der Waals surface area contributed by atoms with Gasteiger partial charge in [-0.05, 0) is 26.7 Å². The largest absolute Gasteiger partial charge is 0.332 e. The predicted molar refractivity (Wildman–Crippen MR) is 81.4 cm³/mol. The molecule has 0 aliphatic heterocycles. The highest BCUT2D eigenvalue weighted by atomic mass is 32.1. The Kier molecular flexibility index (Phi) is 3.71. The predicted octanol–water partition coefficient (Wildman–Crippen LogP) is 2.95. The summed E-state index contributed by atoms with van der Waals surface area (Å²) in [5, 5.41) is 2.94. The molecule has 2 heterocycles. The summed E-state index contributed by atoms with van der Waals surface area (Å²) in [5.74, 6) is 1.29. The molecule has 6 heteroatoms. The van der Waals surface area contributed by atoms with Gasteiger partial charge in [0.1, 0.15) is 10.8 Å². The molecule has 110 valence electrons. The molecule has 0 unspecified atom stereocenters. The van der Waals surface area contributed by atoms with Crippen molar-refractivity contribution in [1.82, 2.24) is 19.9 Å². The first-order valence-electron chi connectivity index (χ1n) is 7.07. The minimum Gasteiger partial charge on any atom is -0.332 e. The monoisotopic (exact) mass is 302 g/mol. The Morgan fingerprint density at radius 3 is 2.57 bits per heavy atom.